The Balaban J connectivity index is 2.20. The molecule has 18 heavy (non-hydrogen) atoms. The number of carbonyl (C=O) groups is 1. The molecule has 0 unspecified atom stereocenters. The third-order valence-electron chi connectivity index (χ3n) is 2.57. The van der Waals surface area contributed by atoms with Crippen molar-refractivity contribution in [1.82, 2.24) is 5.32 Å². The summed E-state index contributed by atoms with van der Waals surface area (Å²) in [6.45, 7) is 2.76. The summed E-state index contributed by atoms with van der Waals surface area (Å²) in [7, 11) is 0. The Kier molecular flexibility index (Phi) is 7.53. The molecular formula is C14H21NO2S. The van der Waals surface area contributed by atoms with E-state index >= 15 is 0 Å². The molecule has 100 valence electrons. The minimum Gasteiger partial charge on any atom is -0.392 e. The van der Waals surface area contributed by atoms with Crippen molar-refractivity contribution in [3.05, 3.63) is 35.4 Å². The van der Waals surface area contributed by atoms with E-state index in [0.29, 0.717) is 12.3 Å². The van der Waals surface area contributed by atoms with Crippen LogP contribution in [-0.2, 0) is 17.9 Å². The molecule has 0 spiro atoms. The number of aliphatic hydroxyl groups excluding tert-OH is 1. The smallest absolute Gasteiger partial charge is 0.230 e. The van der Waals surface area contributed by atoms with Crippen LogP contribution in [0.25, 0.3) is 0 Å². The van der Waals surface area contributed by atoms with Gasteiger partial charge in [-0.2, -0.15) is 11.8 Å². The van der Waals surface area contributed by atoms with E-state index in [2.05, 4.69) is 12.2 Å². The molecule has 3 nitrogen and oxygen atoms in total. The first kappa shape index (κ1) is 15.1. The van der Waals surface area contributed by atoms with Crippen LogP contribution in [0.5, 0.6) is 0 Å². The lowest BCUT2D eigenvalue weighted by Crippen LogP contribution is -2.24. The summed E-state index contributed by atoms with van der Waals surface area (Å²) in [5.41, 5.74) is 1.94. The summed E-state index contributed by atoms with van der Waals surface area (Å²) in [6, 6.07) is 7.60. The van der Waals surface area contributed by atoms with E-state index in [-0.39, 0.29) is 12.5 Å². The molecule has 4 heteroatoms. The molecule has 1 rings (SSSR count). The van der Waals surface area contributed by atoms with E-state index in [4.69, 9.17) is 5.11 Å². The molecule has 0 aromatic heterocycles. The molecule has 0 bridgehead atoms. The summed E-state index contributed by atoms with van der Waals surface area (Å²) in [5, 5.41) is 11.8. The minimum absolute atomic E-state index is 0.0563. The number of benzene rings is 1. The highest BCUT2D eigenvalue weighted by molar-refractivity contribution is 7.99. The van der Waals surface area contributed by atoms with Gasteiger partial charge in [0.05, 0.1) is 12.4 Å². The summed E-state index contributed by atoms with van der Waals surface area (Å²) >= 11 is 1.68. The van der Waals surface area contributed by atoms with E-state index in [0.717, 1.165) is 16.9 Å². The fourth-order valence-corrected chi connectivity index (χ4v) is 2.35. The summed E-state index contributed by atoms with van der Waals surface area (Å²) in [4.78, 5) is 11.5. The Morgan fingerprint density at radius 2 is 1.94 bits per heavy atom. The van der Waals surface area contributed by atoms with Crippen LogP contribution in [0, 0.1) is 0 Å². The van der Waals surface area contributed by atoms with Crippen molar-refractivity contribution in [2.75, 3.05) is 11.5 Å². The van der Waals surface area contributed by atoms with Crippen molar-refractivity contribution in [3.8, 4) is 0 Å². The van der Waals surface area contributed by atoms with Crippen LogP contribution in [0.1, 0.15) is 30.9 Å². The summed E-state index contributed by atoms with van der Waals surface area (Å²) in [5.74, 6) is 1.67. The van der Waals surface area contributed by atoms with Crippen LogP contribution < -0.4 is 5.32 Å². The third-order valence-corrected chi connectivity index (χ3v) is 3.61. The van der Waals surface area contributed by atoms with Gasteiger partial charge in [0.15, 0.2) is 0 Å². The maximum atomic E-state index is 11.5. The van der Waals surface area contributed by atoms with Crippen molar-refractivity contribution < 1.29 is 9.90 Å². The maximum absolute atomic E-state index is 11.5. The monoisotopic (exact) mass is 267 g/mol. The van der Waals surface area contributed by atoms with Crippen molar-refractivity contribution in [1.29, 1.82) is 0 Å². The third kappa shape index (κ3) is 6.07. The Labute approximate surface area is 113 Å². The first-order valence-electron chi connectivity index (χ1n) is 6.29. The highest BCUT2D eigenvalue weighted by Gasteiger charge is 2.01. The average Bonchev–Trinajstić information content (AvgIpc) is 2.42. The molecular weight excluding hydrogens is 246 g/mol. The lowest BCUT2D eigenvalue weighted by molar-refractivity contribution is -0.118. The molecule has 1 amide bonds. The van der Waals surface area contributed by atoms with E-state index in [1.807, 2.05) is 24.3 Å². The highest BCUT2D eigenvalue weighted by atomic mass is 32.2. The second-order valence-corrected chi connectivity index (χ2v) is 5.26. The van der Waals surface area contributed by atoms with Crippen molar-refractivity contribution in [2.45, 2.75) is 32.9 Å². The number of nitrogens with one attached hydrogen (secondary N) is 1. The molecule has 0 heterocycles. The topological polar surface area (TPSA) is 49.3 Å². The molecule has 1 aromatic rings. The van der Waals surface area contributed by atoms with Gasteiger partial charge in [-0.15, -0.1) is 0 Å². The van der Waals surface area contributed by atoms with Crippen LogP contribution in [0.2, 0.25) is 0 Å². The first-order valence-corrected chi connectivity index (χ1v) is 7.45. The predicted molar refractivity (Wildman–Crippen MR) is 76.4 cm³/mol. The van der Waals surface area contributed by atoms with Gasteiger partial charge in [0, 0.05) is 6.54 Å². The van der Waals surface area contributed by atoms with Gasteiger partial charge in [0.25, 0.3) is 0 Å². The molecule has 0 aliphatic rings. The summed E-state index contributed by atoms with van der Waals surface area (Å²) in [6.07, 6.45) is 2.34. The van der Waals surface area contributed by atoms with E-state index in [1.165, 1.54) is 12.8 Å². The quantitative estimate of drug-likeness (QED) is 0.711. The normalized spacial score (nSPS) is 10.3. The molecule has 0 fully saturated rings. The van der Waals surface area contributed by atoms with Gasteiger partial charge >= 0.3 is 0 Å². The summed E-state index contributed by atoms with van der Waals surface area (Å²) < 4.78 is 0. The highest BCUT2D eigenvalue weighted by Crippen LogP contribution is 2.05. The zero-order valence-electron chi connectivity index (χ0n) is 10.8. The molecule has 0 aliphatic heterocycles. The number of unbranched alkanes of at least 4 members (excludes halogenated alkanes) is 1. The van der Waals surface area contributed by atoms with Crippen LogP contribution in [0.15, 0.2) is 24.3 Å². The second-order valence-electron chi connectivity index (χ2n) is 4.16. The Morgan fingerprint density at radius 1 is 1.28 bits per heavy atom. The SMILES string of the molecule is CCCCSCC(=O)NCc1ccc(CO)cc1. The molecule has 1 aromatic carbocycles. The largest absolute Gasteiger partial charge is 0.392 e. The van der Waals surface area contributed by atoms with Crippen molar-refractivity contribution >= 4 is 17.7 Å². The standard InChI is InChI=1S/C14H21NO2S/c1-2-3-8-18-11-14(17)15-9-12-4-6-13(10-16)7-5-12/h4-7,16H,2-3,8-11H2,1H3,(H,15,17). The Hall–Kier alpha value is -1.00. The lowest BCUT2D eigenvalue weighted by atomic mass is 10.1. The Morgan fingerprint density at radius 3 is 2.56 bits per heavy atom. The minimum atomic E-state index is 0.0563. The van der Waals surface area contributed by atoms with E-state index in [1.54, 1.807) is 11.8 Å². The van der Waals surface area contributed by atoms with Gasteiger partial charge < -0.3 is 10.4 Å². The molecule has 0 saturated carbocycles. The average molecular weight is 267 g/mol. The van der Waals surface area contributed by atoms with E-state index < -0.39 is 0 Å². The van der Waals surface area contributed by atoms with Gasteiger partial charge in [-0.3, -0.25) is 4.79 Å². The number of carbonyl (C=O) groups excluding carboxylic acids is 1. The van der Waals surface area contributed by atoms with Crippen LogP contribution in [-0.4, -0.2) is 22.5 Å². The van der Waals surface area contributed by atoms with Gasteiger partial charge in [0.1, 0.15) is 0 Å². The van der Waals surface area contributed by atoms with Gasteiger partial charge in [-0.05, 0) is 23.3 Å². The van der Waals surface area contributed by atoms with Crippen LogP contribution >= 0.6 is 11.8 Å². The van der Waals surface area contributed by atoms with Crippen molar-refractivity contribution in [2.24, 2.45) is 0 Å². The number of hydrogen-bond acceptors (Lipinski definition) is 3. The second kappa shape index (κ2) is 9.00. The van der Waals surface area contributed by atoms with Gasteiger partial charge in [-0.1, -0.05) is 37.6 Å². The number of rotatable bonds is 8. The first-order chi connectivity index (χ1) is 8.76. The van der Waals surface area contributed by atoms with Crippen molar-refractivity contribution in [3.63, 3.8) is 0 Å². The lowest BCUT2D eigenvalue weighted by Gasteiger charge is -2.06. The zero-order chi connectivity index (χ0) is 13.2. The molecule has 0 atom stereocenters. The Bertz CT molecular complexity index is 351. The molecule has 2 N–H and O–H groups in total. The van der Waals surface area contributed by atoms with Gasteiger partial charge in [-0.25, -0.2) is 0 Å². The molecule has 0 aliphatic carbocycles. The molecule has 0 radical (unpaired) electrons. The van der Waals surface area contributed by atoms with Crippen LogP contribution in [0.4, 0.5) is 0 Å². The number of hydrogen-bond donors (Lipinski definition) is 2. The van der Waals surface area contributed by atoms with Gasteiger partial charge in [0.2, 0.25) is 5.91 Å². The number of thioether (sulfide) groups is 1. The predicted octanol–water partition coefficient (Wildman–Crippen LogP) is 2.33. The molecule has 0 saturated heterocycles. The fourth-order valence-electron chi connectivity index (χ4n) is 1.43. The maximum Gasteiger partial charge on any atom is 0.230 e. The number of amides is 1. The van der Waals surface area contributed by atoms with Crippen LogP contribution in [0.3, 0.4) is 0 Å². The fraction of sp³-hybridized carbons (Fsp3) is 0.500. The zero-order valence-corrected chi connectivity index (χ0v) is 11.6. The number of aliphatic hydroxyl groups is 1. The van der Waals surface area contributed by atoms with E-state index in [9.17, 15) is 4.79 Å².